The average molecular weight is 302 g/mol. The van der Waals surface area contributed by atoms with Gasteiger partial charge in [0.15, 0.2) is 0 Å². The first-order valence-electron chi connectivity index (χ1n) is 8.14. The molecule has 1 N–H and O–H groups in total. The Labute approximate surface area is 124 Å². The van der Waals surface area contributed by atoms with Gasteiger partial charge in [-0.25, -0.2) is 8.42 Å². The maximum Gasteiger partial charge on any atom is 0.148 e. The van der Waals surface area contributed by atoms with Gasteiger partial charge in [0.1, 0.15) is 9.84 Å². The fraction of sp³-hybridized carbons (Fsp3) is 1.00. The van der Waals surface area contributed by atoms with Crippen molar-refractivity contribution in [2.75, 3.05) is 31.6 Å². The summed E-state index contributed by atoms with van der Waals surface area (Å²) < 4.78 is 22.9. The first-order valence-corrected chi connectivity index (χ1v) is 10.2. The van der Waals surface area contributed by atoms with Crippen LogP contribution in [0.1, 0.15) is 45.4 Å². The van der Waals surface area contributed by atoms with Crippen LogP contribution in [0.3, 0.4) is 0 Å². The molecule has 2 fully saturated rings. The monoisotopic (exact) mass is 302 g/mol. The maximum absolute atomic E-state index is 11.5. The fourth-order valence-electron chi connectivity index (χ4n) is 3.70. The van der Waals surface area contributed by atoms with Gasteiger partial charge in [0.05, 0.1) is 5.75 Å². The third-order valence-electron chi connectivity index (χ3n) is 4.98. The Morgan fingerprint density at radius 3 is 2.50 bits per heavy atom. The number of hydrogen-bond acceptors (Lipinski definition) is 4. The number of rotatable bonds is 5. The lowest BCUT2D eigenvalue weighted by molar-refractivity contribution is 0.0765. The van der Waals surface area contributed by atoms with Crippen molar-refractivity contribution < 1.29 is 8.42 Å². The van der Waals surface area contributed by atoms with Crippen molar-refractivity contribution in [2.45, 2.75) is 57.5 Å². The molecule has 20 heavy (non-hydrogen) atoms. The van der Waals surface area contributed by atoms with Crippen molar-refractivity contribution in [2.24, 2.45) is 5.92 Å². The molecule has 1 aliphatic carbocycles. The van der Waals surface area contributed by atoms with Crippen molar-refractivity contribution in [3.05, 3.63) is 0 Å². The minimum Gasteiger partial charge on any atom is -0.311 e. The molecule has 0 bridgehead atoms. The third-order valence-corrected chi connectivity index (χ3v) is 5.90. The minimum absolute atomic E-state index is 0.298. The van der Waals surface area contributed by atoms with E-state index < -0.39 is 9.84 Å². The van der Waals surface area contributed by atoms with Gasteiger partial charge < -0.3 is 5.32 Å². The molecule has 0 aromatic heterocycles. The summed E-state index contributed by atoms with van der Waals surface area (Å²) in [7, 11) is -2.86. The summed E-state index contributed by atoms with van der Waals surface area (Å²) in [4.78, 5) is 2.46. The van der Waals surface area contributed by atoms with Gasteiger partial charge in [-0.1, -0.05) is 26.2 Å². The Kier molecular flexibility index (Phi) is 5.87. The van der Waals surface area contributed by atoms with E-state index >= 15 is 0 Å². The molecule has 1 saturated heterocycles. The quantitative estimate of drug-likeness (QED) is 0.839. The largest absolute Gasteiger partial charge is 0.311 e. The number of piperazine rings is 1. The van der Waals surface area contributed by atoms with Crippen molar-refractivity contribution in [3.8, 4) is 0 Å². The van der Waals surface area contributed by atoms with E-state index in [0.29, 0.717) is 24.4 Å². The van der Waals surface area contributed by atoms with Crippen molar-refractivity contribution in [3.63, 3.8) is 0 Å². The molecule has 2 atom stereocenters. The predicted molar refractivity (Wildman–Crippen MR) is 83.7 cm³/mol. The van der Waals surface area contributed by atoms with Crippen LogP contribution in [0.25, 0.3) is 0 Å². The molecule has 2 unspecified atom stereocenters. The molecule has 2 aliphatic rings. The SMILES string of the molecule is CCC1CN(CCS(C)(=O)=O)C(C2CCCCC2)CN1. The second kappa shape index (κ2) is 7.23. The van der Waals surface area contributed by atoms with Crippen molar-refractivity contribution in [1.29, 1.82) is 0 Å². The summed E-state index contributed by atoms with van der Waals surface area (Å²) in [6.45, 7) is 4.95. The lowest BCUT2D eigenvalue weighted by atomic mass is 9.82. The molecule has 4 nitrogen and oxygen atoms in total. The third kappa shape index (κ3) is 4.71. The summed E-state index contributed by atoms with van der Waals surface area (Å²) in [5, 5.41) is 3.65. The number of hydrogen-bond donors (Lipinski definition) is 1. The second-order valence-corrected chi connectivity index (χ2v) is 8.86. The number of nitrogens with one attached hydrogen (secondary N) is 1. The van der Waals surface area contributed by atoms with E-state index in [-0.39, 0.29) is 0 Å². The lowest BCUT2D eigenvalue weighted by Gasteiger charge is -2.45. The van der Waals surface area contributed by atoms with E-state index in [0.717, 1.165) is 25.4 Å². The molecule has 0 spiro atoms. The van der Waals surface area contributed by atoms with E-state index in [2.05, 4.69) is 17.1 Å². The van der Waals surface area contributed by atoms with Crippen LogP contribution in [0.2, 0.25) is 0 Å². The van der Waals surface area contributed by atoms with Crippen LogP contribution in [0.15, 0.2) is 0 Å². The predicted octanol–water partition coefficient (Wildman–Crippen LogP) is 1.66. The van der Waals surface area contributed by atoms with Crippen LogP contribution in [0.5, 0.6) is 0 Å². The van der Waals surface area contributed by atoms with Gasteiger partial charge >= 0.3 is 0 Å². The average Bonchev–Trinajstić information content (AvgIpc) is 2.45. The van der Waals surface area contributed by atoms with Crippen LogP contribution in [0.4, 0.5) is 0 Å². The molecule has 0 aromatic carbocycles. The van der Waals surface area contributed by atoms with Gasteiger partial charge in [-0.05, 0) is 25.2 Å². The van der Waals surface area contributed by atoms with Gasteiger partial charge in [-0.2, -0.15) is 0 Å². The maximum atomic E-state index is 11.5. The molecule has 0 amide bonds. The zero-order valence-electron chi connectivity index (χ0n) is 13.0. The Hall–Kier alpha value is -0.130. The highest BCUT2D eigenvalue weighted by Crippen LogP contribution is 2.30. The lowest BCUT2D eigenvalue weighted by Crippen LogP contribution is -2.59. The number of nitrogens with zero attached hydrogens (tertiary/aromatic N) is 1. The first kappa shape index (κ1) is 16.2. The fourth-order valence-corrected chi connectivity index (χ4v) is 4.26. The molecule has 1 aliphatic heterocycles. The normalized spacial score (nSPS) is 30.5. The van der Waals surface area contributed by atoms with E-state index in [1.807, 2.05) is 0 Å². The summed E-state index contributed by atoms with van der Waals surface area (Å²) in [5.41, 5.74) is 0. The summed E-state index contributed by atoms with van der Waals surface area (Å²) in [5.74, 6) is 1.06. The van der Waals surface area contributed by atoms with Crippen LogP contribution < -0.4 is 5.32 Å². The molecule has 1 heterocycles. The summed E-state index contributed by atoms with van der Waals surface area (Å²) in [6.07, 6.45) is 9.17. The Bertz CT molecular complexity index is 391. The minimum atomic E-state index is -2.86. The highest BCUT2D eigenvalue weighted by Gasteiger charge is 2.33. The molecule has 2 rings (SSSR count). The van der Waals surface area contributed by atoms with Gasteiger partial charge in [0, 0.05) is 38.0 Å². The van der Waals surface area contributed by atoms with Crippen molar-refractivity contribution in [1.82, 2.24) is 10.2 Å². The smallest absolute Gasteiger partial charge is 0.148 e. The molecule has 1 saturated carbocycles. The zero-order chi connectivity index (χ0) is 14.6. The topological polar surface area (TPSA) is 49.4 Å². The second-order valence-electron chi connectivity index (χ2n) is 6.60. The first-order chi connectivity index (χ1) is 9.49. The summed E-state index contributed by atoms with van der Waals surface area (Å²) >= 11 is 0. The van der Waals surface area contributed by atoms with E-state index in [1.54, 1.807) is 0 Å². The Morgan fingerprint density at radius 2 is 1.90 bits per heavy atom. The van der Waals surface area contributed by atoms with Crippen LogP contribution in [-0.2, 0) is 9.84 Å². The standard InChI is InChI=1S/C15H30N2O2S/c1-3-14-12-17(9-10-20(2,18)19)15(11-16-14)13-7-5-4-6-8-13/h13-16H,3-12H2,1-2H3. The molecule has 0 aromatic rings. The van der Waals surface area contributed by atoms with E-state index in [9.17, 15) is 8.42 Å². The number of sulfone groups is 1. The van der Waals surface area contributed by atoms with Crippen LogP contribution >= 0.6 is 0 Å². The summed E-state index contributed by atoms with van der Waals surface area (Å²) in [6, 6.07) is 1.06. The van der Waals surface area contributed by atoms with Gasteiger partial charge in [0.2, 0.25) is 0 Å². The Morgan fingerprint density at radius 1 is 1.20 bits per heavy atom. The Balaban J connectivity index is 1.98. The molecule has 118 valence electrons. The highest BCUT2D eigenvalue weighted by molar-refractivity contribution is 7.90. The van der Waals surface area contributed by atoms with E-state index in [1.165, 1.54) is 38.4 Å². The molecule has 0 radical (unpaired) electrons. The van der Waals surface area contributed by atoms with Gasteiger partial charge in [0.25, 0.3) is 0 Å². The van der Waals surface area contributed by atoms with Gasteiger partial charge in [-0.15, -0.1) is 0 Å². The molecular formula is C15H30N2O2S. The van der Waals surface area contributed by atoms with Crippen molar-refractivity contribution >= 4 is 9.84 Å². The zero-order valence-corrected chi connectivity index (χ0v) is 13.8. The molecule has 5 heteroatoms. The van der Waals surface area contributed by atoms with Crippen LogP contribution in [-0.4, -0.2) is 57.0 Å². The van der Waals surface area contributed by atoms with E-state index in [4.69, 9.17) is 0 Å². The van der Waals surface area contributed by atoms with Crippen LogP contribution in [0, 0.1) is 5.92 Å². The molecular weight excluding hydrogens is 272 g/mol. The van der Waals surface area contributed by atoms with Gasteiger partial charge in [-0.3, -0.25) is 4.90 Å². The highest BCUT2D eigenvalue weighted by atomic mass is 32.2.